The molecule has 138 valence electrons. The Bertz CT molecular complexity index is 796. The molecular weight excluding hydrogens is 360 g/mol. The molecule has 0 bridgehead atoms. The molecule has 1 aliphatic rings. The van der Waals surface area contributed by atoms with Crippen LogP contribution in [0.1, 0.15) is 32.1 Å². The lowest BCUT2D eigenvalue weighted by Crippen LogP contribution is -2.21. The summed E-state index contributed by atoms with van der Waals surface area (Å²) in [5, 5.41) is 15.0. The summed E-state index contributed by atoms with van der Waals surface area (Å²) in [6, 6.07) is 4.93. The van der Waals surface area contributed by atoms with E-state index in [9.17, 15) is 10.1 Å². The Hall–Kier alpha value is -2.61. The lowest BCUT2D eigenvalue weighted by Gasteiger charge is -2.22. The molecule has 3 rings (SSSR count). The number of nitrogens with one attached hydrogen (secondary N) is 1. The van der Waals surface area contributed by atoms with E-state index < -0.39 is 4.92 Å². The highest BCUT2D eigenvalue weighted by molar-refractivity contribution is 6.31. The van der Waals surface area contributed by atoms with Gasteiger partial charge < -0.3 is 14.8 Å². The second-order valence-electron chi connectivity index (χ2n) is 5.98. The van der Waals surface area contributed by atoms with Gasteiger partial charge in [0.25, 0.3) is 5.88 Å². The monoisotopic (exact) mass is 378 g/mol. The molecule has 26 heavy (non-hydrogen) atoms. The number of ether oxygens (including phenoxy) is 2. The third kappa shape index (κ3) is 4.13. The Morgan fingerprint density at radius 2 is 2.04 bits per heavy atom. The first-order valence-electron chi connectivity index (χ1n) is 8.35. The number of aromatic nitrogens is 2. The molecular formula is C17H19ClN4O4. The number of nitrogens with zero attached hydrogens (tertiary/aromatic N) is 3. The lowest BCUT2D eigenvalue weighted by atomic mass is 9.98. The maximum Gasteiger partial charge on any atom is 0.373 e. The third-order valence-corrected chi connectivity index (χ3v) is 4.45. The first-order valence-corrected chi connectivity index (χ1v) is 8.73. The topological polar surface area (TPSA) is 99.4 Å². The number of halogens is 1. The largest absolute Gasteiger partial charge is 0.495 e. The maximum atomic E-state index is 11.6. The molecule has 0 saturated heterocycles. The van der Waals surface area contributed by atoms with E-state index in [2.05, 4.69) is 15.3 Å². The molecule has 1 N–H and O–H groups in total. The Balaban J connectivity index is 1.93. The lowest BCUT2D eigenvalue weighted by molar-refractivity contribution is -0.385. The molecule has 0 aliphatic heterocycles. The van der Waals surface area contributed by atoms with Crippen LogP contribution in [-0.4, -0.2) is 28.1 Å². The summed E-state index contributed by atoms with van der Waals surface area (Å²) >= 11 is 6.02. The first kappa shape index (κ1) is 18.2. The predicted octanol–water partition coefficient (Wildman–Crippen LogP) is 4.50. The SMILES string of the molecule is COc1ccc(Cl)cc1Nc1ncnc(OC2CCCCC2)c1[N+](=O)[O-]. The van der Waals surface area contributed by atoms with Crippen LogP contribution in [-0.2, 0) is 0 Å². The summed E-state index contributed by atoms with van der Waals surface area (Å²) in [4.78, 5) is 19.1. The molecule has 2 aromatic rings. The van der Waals surface area contributed by atoms with Crippen molar-refractivity contribution in [3.63, 3.8) is 0 Å². The quantitative estimate of drug-likeness (QED) is 0.583. The van der Waals surface area contributed by atoms with Crippen LogP contribution in [0, 0.1) is 10.1 Å². The van der Waals surface area contributed by atoms with Gasteiger partial charge in [-0.15, -0.1) is 0 Å². The number of anilines is 2. The Kier molecular flexibility index (Phi) is 5.72. The van der Waals surface area contributed by atoms with Gasteiger partial charge in [0.1, 0.15) is 18.2 Å². The molecule has 8 nitrogen and oxygen atoms in total. The Labute approximate surface area is 155 Å². The van der Waals surface area contributed by atoms with Crippen molar-refractivity contribution in [2.75, 3.05) is 12.4 Å². The van der Waals surface area contributed by atoms with E-state index in [0.29, 0.717) is 16.5 Å². The van der Waals surface area contributed by atoms with E-state index in [-0.39, 0.29) is 23.5 Å². The number of nitro groups is 1. The number of benzene rings is 1. The van der Waals surface area contributed by atoms with Gasteiger partial charge in [-0.25, -0.2) is 4.98 Å². The summed E-state index contributed by atoms with van der Waals surface area (Å²) in [6.45, 7) is 0. The van der Waals surface area contributed by atoms with Gasteiger partial charge in [0, 0.05) is 5.02 Å². The van der Waals surface area contributed by atoms with E-state index in [0.717, 1.165) is 32.1 Å². The van der Waals surface area contributed by atoms with Crippen LogP contribution in [0.15, 0.2) is 24.5 Å². The number of hydrogen-bond donors (Lipinski definition) is 1. The van der Waals surface area contributed by atoms with E-state index in [1.165, 1.54) is 13.4 Å². The molecule has 9 heteroatoms. The van der Waals surface area contributed by atoms with Gasteiger partial charge in [-0.2, -0.15) is 4.98 Å². The number of hydrogen-bond acceptors (Lipinski definition) is 7. The fraction of sp³-hybridized carbons (Fsp3) is 0.412. The van der Waals surface area contributed by atoms with Crippen molar-refractivity contribution in [3.05, 3.63) is 39.7 Å². The maximum absolute atomic E-state index is 11.6. The number of rotatable bonds is 6. The van der Waals surface area contributed by atoms with Gasteiger partial charge in [0.05, 0.1) is 17.7 Å². The highest BCUT2D eigenvalue weighted by atomic mass is 35.5. The van der Waals surface area contributed by atoms with Crippen LogP contribution in [0.25, 0.3) is 0 Å². The van der Waals surface area contributed by atoms with Crippen LogP contribution in [0.4, 0.5) is 17.2 Å². The Morgan fingerprint density at radius 3 is 2.73 bits per heavy atom. The fourth-order valence-corrected chi connectivity index (χ4v) is 3.12. The van der Waals surface area contributed by atoms with Gasteiger partial charge in [-0.3, -0.25) is 10.1 Å². The smallest absolute Gasteiger partial charge is 0.373 e. The zero-order chi connectivity index (χ0) is 18.5. The van der Waals surface area contributed by atoms with Gasteiger partial charge in [0.15, 0.2) is 0 Å². The summed E-state index contributed by atoms with van der Waals surface area (Å²) in [5.74, 6) is 0.480. The van der Waals surface area contributed by atoms with Gasteiger partial charge in [-0.1, -0.05) is 18.0 Å². The second kappa shape index (κ2) is 8.18. The van der Waals surface area contributed by atoms with Crippen LogP contribution in [0.3, 0.4) is 0 Å². The molecule has 1 aromatic heterocycles. The number of methoxy groups -OCH3 is 1. The zero-order valence-electron chi connectivity index (χ0n) is 14.3. The molecule has 1 heterocycles. The molecule has 1 aromatic carbocycles. The minimum atomic E-state index is -0.544. The average Bonchev–Trinajstić information content (AvgIpc) is 2.63. The van der Waals surface area contributed by atoms with Crippen molar-refractivity contribution in [2.24, 2.45) is 0 Å². The van der Waals surface area contributed by atoms with Gasteiger partial charge >= 0.3 is 5.69 Å². The highest BCUT2D eigenvalue weighted by Gasteiger charge is 2.28. The van der Waals surface area contributed by atoms with E-state index in [1.54, 1.807) is 18.2 Å². The van der Waals surface area contributed by atoms with Crippen molar-refractivity contribution in [2.45, 2.75) is 38.2 Å². The summed E-state index contributed by atoms with van der Waals surface area (Å²) < 4.78 is 11.1. The Morgan fingerprint density at radius 1 is 1.27 bits per heavy atom. The highest BCUT2D eigenvalue weighted by Crippen LogP contribution is 2.37. The molecule has 0 atom stereocenters. The standard InChI is InChI=1S/C17H19ClN4O4/c1-25-14-8-7-11(18)9-13(14)21-16-15(22(23)24)17(20-10-19-16)26-12-5-3-2-4-6-12/h7-10,12H,2-6H2,1H3,(H,19,20,21). The molecule has 0 spiro atoms. The minimum absolute atomic E-state index is 0.0244. The summed E-state index contributed by atoms with van der Waals surface area (Å²) in [7, 11) is 1.50. The summed E-state index contributed by atoms with van der Waals surface area (Å²) in [6.07, 6.45) is 6.17. The van der Waals surface area contributed by atoms with Crippen molar-refractivity contribution >= 4 is 28.8 Å². The van der Waals surface area contributed by atoms with E-state index >= 15 is 0 Å². The van der Waals surface area contributed by atoms with Gasteiger partial charge in [-0.05, 0) is 43.9 Å². The van der Waals surface area contributed by atoms with E-state index in [4.69, 9.17) is 21.1 Å². The second-order valence-corrected chi connectivity index (χ2v) is 6.42. The van der Waals surface area contributed by atoms with Crippen molar-refractivity contribution in [1.29, 1.82) is 0 Å². The van der Waals surface area contributed by atoms with Crippen molar-refractivity contribution in [3.8, 4) is 11.6 Å². The van der Waals surface area contributed by atoms with Crippen LogP contribution in [0.5, 0.6) is 11.6 Å². The zero-order valence-corrected chi connectivity index (χ0v) is 15.0. The minimum Gasteiger partial charge on any atom is -0.495 e. The third-order valence-electron chi connectivity index (χ3n) is 4.22. The normalized spacial score (nSPS) is 14.7. The molecule has 0 unspecified atom stereocenters. The van der Waals surface area contributed by atoms with Crippen LogP contribution < -0.4 is 14.8 Å². The molecule has 1 fully saturated rings. The molecule has 0 amide bonds. The molecule has 1 aliphatic carbocycles. The van der Waals surface area contributed by atoms with Crippen LogP contribution in [0.2, 0.25) is 5.02 Å². The predicted molar refractivity (Wildman–Crippen MR) is 97.5 cm³/mol. The van der Waals surface area contributed by atoms with E-state index in [1.807, 2.05) is 0 Å². The average molecular weight is 379 g/mol. The van der Waals surface area contributed by atoms with Crippen molar-refractivity contribution in [1.82, 2.24) is 9.97 Å². The van der Waals surface area contributed by atoms with Crippen LogP contribution >= 0.6 is 11.6 Å². The van der Waals surface area contributed by atoms with Crippen molar-refractivity contribution < 1.29 is 14.4 Å². The fourth-order valence-electron chi connectivity index (χ4n) is 2.95. The summed E-state index contributed by atoms with van der Waals surface area (Å²) in [5.41, 5.74) is 0.158. The molecule has 1 saturated carbocycles. The first-order chi connectivity index (χ1) is 12.6. The molecule has 0 radical (unpaired) electrons. The van der Waals surface area contributed by atoms with Gasteiger partial charge in [0.2, 0.25) is 5.82 Å².